The van der Waals surface area contributed by atoms with Gasteiger partial charge in [0.25, 0.3) is 11.8 Å². The standard InChI is InChI=1S/C25H31N3O7/c1-14(2)22(28-23(30)17-10-18(33-5)12-19(11-17)34-6)24(31)35-13-21(29)27-25(32)26-20-8-7-15(3)9-16(20)4/h7-12,14,22H,13H2,1-6H3,(H,28,30)(H2,26,27,29,32)/t22-/m1/s1. The zero-order valence-corrected chi connectivity index (χ0v) is 20.7. The third-order valence-corrected chi connectivity index (χ3v) is 5.05. The van der Waals surface area contributed by atoms with E-state index in [0.29, 0.717) is 17.2 Å². The van der Waals surface area contributed by atoms with E-state index in [1.54, 1.807) is 26.0 Å². The molecule has 2 aromatic rings. The molecular weight excluding hydrogens is 454 g/mol. The highest BCUT2D eigenvalue weighted by Gasteiger charge is 2.27. The molecule has 0 fully saturated rings. The number of carbonyl (C=O) groups excluding carboxylic acids is 4. The Morgan fingerprint density at radius 1 is 0.914 bits per heavy atom. The lowest BCUT2D eigenvalue weighted by atomic mass is 10.0. The normalized spacial score (nSPS) is 11.3. The topological polar surface area (TPSA) is 132 Å². The highest BCUT2D eigenvalue weighted by atomic mass is 16.5. The first-order chi connectivity index (χ1) is 16.5. The van der Waals surface area contributed by atoms with Gasteiger partial charge in [-0.3, -0.25) is 14.9 Å². The van der Waals surface area contributed by atoms with E-state index >= 15 is 0 Å². The van der Waals surface area contributed by atoms with Gasteiger partial charge in [-0.25, -0.2) is 9.59 Å². The van der Waals surface area contributed by atoms with Gasteiger partial charge < -0.3 is 24.8 Å². The van der Waals surface area contributed by atoms with Crippen LogP contribution in [0, 0.1) is 19.8 Å². The van der Waals surface area contributed by atoms with Crippen LogP contribution in [0.5, 0.6) is 11.5 Å². The minimum absolute atomic E-state index is 0.223. The minimum Gasteiger partial charge on any atom is -0.497 e. The number of nitrogens with one attached hydrogen (secondary N) is 3. The number of urea groups is 1. The molecule has 0 unspecified atom stereocenters. The number of anilines is 1. The number of benzene rings is 2. The van der Waals surface area contributed by atoms with Crippen LogP contribution in [0.25, 0.3) is 0 Å². The largest absolute Gasteiger partial charge is 0.497 e. The molecule has 0 aromatic heterocycles. The van der Waals surface area contributed by atoms with E-state index in [9.17, 15) is 19.2 Å². The predicted molar refractivity (Wildman–Crippen MR) is 130 cm³/mol. The molecule has 0 saturated heterocycles. The van der Waals surface area contributed by atoms with Crippen LogP contribution < -0.4 is 25.4 Å². The smallest absolute Gasteiger partial charge is 0.329 e. The van der Waals surface area contributed by atoms with Crippen molar-refractivity contribution in [1.82, 2.24) is 10.6 Å². The molecule has 0 radical (unpaired) electrons. The second-order valence-electron chi connectivity index (χ2n) is 8.22. The van der Waals surface area contributed by atoms with Crippen molar-refractivity contribution < 1.29 is 33.4 Å². The fraction of sp³-hybridized carbons (Fsp3) is 0.360. The van der Waals surface area contributed by atoms with Gasteiger partial charge in [0.15, 0.2) is 6.61 Å². The van der Waals surface area contributed by atoms with Crippen molar-refractivity contribution in [1.29, 1.82) is 0 Å². The monoisotopic (exact) mass is 485 g/mol. The molecule has 0 aliphatic rings. The van der Waals surface area contributed by atoms with Gasteiger partial charge in [-0.2, -0.15) is 0 Å². The molecule has 3 N–H and O–H groups in total. The van der Waals surface area contributed by atoms with Gasteiger partial charge in [-0.1, -0.05) is 31.5 Å². The molecule has 2 rings (SSSR count). The molecule has 0 aliphatic carbocycles. The van der Waals surface area contributed by atoms with E-state index in [0.717, 1.165) is 11.1 Å². The maximum absolute atomic E-state index is 12.7. The maximum Gasteiger partial charge on any atom is 0.329 e. The summed E-state index contributed by atoms with van der Waals surface area (Å²) in [7, 11) is 2.91. The van der Waals surface area contributed by atoms with E-state index in [4.69, 9.17) is 14.2 Å². The number of ether oxygens (including phenoxy) is 3. The number of amides is 4. The molecule has 0 bridgehead atoms. The average Bonchev–Trinajstić information content (AvgIpc) is 2.81. The number of aryl methyl sites for hydroxylation is 2. The van der Waals surface area contributed by atoms with Crippen LogP contribution in [0.1, 0.15) is 35.3 Å². The van der Waals surface area contributed by atoms with Gasteiger partial charge in [-0.15, -0.1) is 0 Å². The summed E-state index contributed by atoms with van der Waals surface area (Å²) in [5.74, 6) is -1.69. The predicted octanol–water partition coefficient (Wildman–Crippen LogP) is 2.97. The molecule has 4 amide bonds. The average molecular weight is 486 g/mol. The number of esters is 1. The maximum atomic E-state index is 12.7. The van der Waals surface area contributed by atoms with E-state index in [1.807, 2.05) is 26.0 Å². The molecule has 0 heterocycles. The van der Waals surface area contributed by atoms with Gasteiger partial charge in [-0.05, 0) is 43.5 Å². The second kappa shape index (κ2) is 12.4. The Morgan fingerprint density at radius 2 is 1.54 bits per heavy atom. The van der Waals surface area contributed by atoms with Gasteiger partial charge in [0.1, 0.15) is 17.5 Å². The number of imide groups is 1. The second-order valence-corrected chi connectivity index (χ2v) is 8.22. The van der Waals surface area contributed by atoms with E-state index < -0.39 is 36.5 Å². The van der Waals surface area contributed by atoms with Crippen molar-refractivity contribution in [2.45, 2.75) is 33.7 Å². The van der Waals surface area contributed by atoms with Crippen molar-refractivity contribution in [2.75, 3.05) is 26.1 Å². The van der Waals surface area contributed by atoms with Crippen molar-refractivity contribution >= 4 is 29.5 Å². The first-order valence-electron chi connectivity index (χ1n) is 10.9. The quantitative estimate of drug-likeness (QED) is 0.465. The summed E-state index contributed by atoms with van der Waals surface area (Å²) < 4.78 is 15.4. The van der Waals surface area contributed by atoms with Crippen molar-refractivity contribution in [2.24, 2.45) is 5.92 Å². The highest BCUT2D eigenvalue weighted by Crippen LogP contribution is 2.22. The summed E-state index contributed by atoms with van der Waals surface area (Å²) in [6.07, 6.45) is 0. The van der Waals surface area contributed by atoms with Gasteiger partial charge >= 0.3 is 12.0 Å². The number of methoxy groups -OCH3 is 2. The molecule has 0 spiro atoms. The van der Waals surface area contributed by atoms with Gasteiger partial charge in [0.2, 0.25) is 0 Å². The molecule has 35 heavy (non-hydrogen) atoms. The summed E-state index contributed by atoms with van der Waals surface area (Å²) in [5.41, 5.74) is 2.65. The van der Waals surface area contributed by atoms with E-state index in [-0.39, 0.29) is 11.5 Å². The summed E-state index contributed by atoms with van der Waals surface area (Å²) >= 11 is 0. The molecule has 10 nitrogen and oxygen atoms in total. The van der Waals surface area contributed by atoms with Gasteiger partial charge in [0, 0.05) is 17.3 Å². The molecule has 2 aromatic carbocycles. The molecular formula is C25H31N3O7. The summed E-state index contributed by atoms with van der Waals surface area (Å²) in [6, 6.07) is 8.28. The minimum atomic E-state index is -1.03. The first kappa shape index (κ1) is 27.2. The van der Waals surface area contributed by atoms with Crippen molar-refractivity contribution in [3.63, 3.8) is 0 Å². The lowest BCUT2D eigenvalue weighted by Gasteiger charge is -2.21. The zero-order valence-electron chi connectivity index (χ0n) is 20.7. The lowest BCUT2D eigenvalue weighted by Crippen LogP contribution is -2.46. The highest BCUT2D eigenvalue weighted by molar-refractivity contribution is 6.02. The Labute approximate surface area is 204 Å². The molecule has 0 aliphatic heterocycles. The summed E-state index contributed by atoms with van der Waals surface area (Å²) in [4.78, 5) is 49.5. The van der Waals surface area contributed by atoms with E-state index in [1.165, 1.54) is 26.4 Å². The van der Waals surface area contributed by atoms with Crippen LogP contribution in [0.2, 0.25) is 0 Å². The number of hydrogen-bond donors (Lipinski definition) is 3. The Bertz CT molecular complexity index is 1080. The Kier molecular flexibility index (Phi) is 9.63. The van der Waals surface area contributed by atoms with Crippen LogP contribution in [0.3, 0.4) is 0 Å². The number of hydrogen-bond acceptors (Lipinski definition) is 7. The van der Waals surface area contributed by atoms with Crippen molar-refractivity contribution in [3.05, 3.63) is 53.1 Å². The third-order valence-electron chi connectivity index (χ3n) is 5.05. The SMILES string of the molecule is COc1cc(OC)cc(C(=O)N[C@@H](C(=O)OCC(=O)NC(=O)Nc2ccc(C)cc2C)C(C)C)c1. The van der Waals surface area contributed by atoms with Crippen LogP contribution in [-0.4, -0.2) is 50.7 Å². The Morgan fingerprint density at radius 3 is 2.09 bits per heavy atom. The fourth-order valence-corrected chi connectivity index (χ4v) is 3.16. The zero-order chi connectivity index (χ0) is 26.1. The van der Waals surface area contributed by atoms with E-state index in [2.05, 4.69) is 16.0 Å². The molecule has 10 heteroatoms. The molecule has 0 saturated carbocycles. The van der Waals surface area contributed by atoms with Crippen molar-refractivity contribution in [3.8, 4) is 11.5 Å². The van der Waals surface area contributed by atoms with Crippen LogP contribution >= 0.6 is 0 Å². The number of rotatable bonds is 9. The van der Waals surface area contributed by atoms with Crippen LogP contribution in [0.4, 0.5) is 10.5 Å². The molecule has 1 atom stereocenters. The molecule has 188 valence electrons. The first-order valence-corrected chi connectivity index (χ1v) is 10.9. The summed E-state index contributed by atoms with van der Waals surface area (Å²) in [5, 5.41) is 7.28. The van der Waals surface area contributed by atoms with Crippen LogP contribution in [-0.2, 0) is 14.3 Å². The Balaban J connectivity index is 1.94. The lowest BCUT2D eigenvalue weighted by molar-refractivity contribution is -0.151. The third kappa shape index (κ3) is 8.02. The fourth-order valence-electron chi connectivity index (χ4n) is 3.16. The summed E-state index contributed by atoms with van der Waals surface area (Å²) in [6.45, 7) is 6.50. The van der Waals surface area contributed by atoms with Crippen LogP contribution in [0.15, 0.2) is 36.4 Å². The van der Waals surface area contributed by atoms with Gasteiger partial charge in [0.05, 0.1) is 14.2 Å². The number of carbonyl (C=O) groups is 4. The Hall–Kier alpha value is -4.08.